The lowest BCUT2D eigenvalue weighted by Gasteiger charge is -2.09. The Morgan fingerprint density at radius 2 is 1.63 bits per heavy atom. The number of aromatic nitrogens is 1. The summed E-state index contributed by atoms with van der Waals surface area (Å²) in [6.07, 6.45) is 1.99. The third-order valence-corrected chi connectivity index (χ3v) is 3.86. The number of benzene rings is 2. The molecule has 3 aromatic rings. The van der Waals surface area contributed by atoms with Gasteiger partial charge in [0.25, 0.3) is 5.91 Å². The zero-order valence-corrected chi connectivity index (χ0v) is 14.2. The van der Waals surface area contributed by atoms with Crippen LogP contribution in [0.15, 0.2) is 60.8 Å². The third-order valence-electron chi connectivity index (χ3n) is 3.86. The van der Waals surface area contributed by atoms with E-state index in [0.717, 1.165) is 17.7 Å². The van der Waals surface area contributed by atoms with E-state index in [4.69, 9.17) is 0 Å². The maximum absolute atomic E-state index is 13.6. The van der Waals surface area contributed by atoms with E-state index in [0.29, 0.717) is 18.8 Å². The number of hydrogen-bond acceptors (Lipinski definition) is 3. The number of para-hydroxylation sites is 1. The summed E-state index contributed by atoms with van der Waals surface area (Å²) in [6, 6.07) is 12.7. The summed E-state index contributed by atoms with van der Waals surface area (Å²) in [5.41, 5.74) is 0.651. The van der Waals surface area contributed by atoms with E-state index in [-0.39, 0.29) is 11.4 Å². The first kappa shape index (κ1) is 18.4. The predicted octanol–water partition coefficient (Wildman–Crippen LogP) is 4.41. The van der Waals surface area contributed by atoms with Gasteiger partial charge in [0.1, 0.15) is 29.0 Å². The van der Waals surface area contributed by atoms with Crippen LogP contribution in [0, 0.1) is 17.5 Å². The van der Waals surface area contributed by atoms with Crippen LogP contribution < -0.4 is 10.6 Å². The van der Waals surface area contributed by atoms with Crippen molar-refractivity contribution in [3.63, 3.8) is 0 Å². The van der Waals surface area contributed by atoms with E-state index in [1.165, 1.54) is 30.5 Å². The summed E-state index contributed by atoms with van der Waals surface area (Å²) >= 11 is 0. The number of anilines is 2. The highest BCUT2D eigenvalue weighted by atomic mass is 19.1. The van der Waals surface area contributed by atoms with E-state index < -0.39 is 23.2 Å². The van der Waals surface area contributed by atoms with Crippen LogP contribution in [-0.4, -0.2) is 17.4 Å². The second kappa shape index (κ2) is 8.35. The lowest BCUT2D eigenvalue weighted by molar-refractivity contribution is 0.102. The monoisotopic (exact) mass is 371 g/mol. The van der Waals surface area contributed by atoms with Crippen LogP contribution in [0.4, 0.5) is 24.7 Å². The van der Waals surface area contributed by atoms with Crippen molar-refractivity contribution in [2.45, 2.75) is 6.42 Å². The number of hydrogen-bond donors (Lipinski definition) is 2. The molecule has 0 saturated heterocycles. The average Bonchev–Trinajstić information content (AvgIpc) is 2.67. The largest absolute Gasteiger partial charge is 0.370 e. The molecule has 2 aromatic carbocycles. The molecule has 0 unspecified atom stereocenters. The minimum absolute atomic E-state index is 0.168. The van der Waals surface area contributed by atoms with Crippen LogP contribution in [-0.2, 0) is 6.42 Å². The number of halogens is 3. The Morgan fingerprint density at radius 3 is 2.26 bits per heavy atom. The molecule has 1 heterocycles. The smallest absolute Gasteiger partial charge is 0.257 e. The fourth-order valence-electron chi connectivity index (χ4n) is 2.42. The SMILES string of the molecule is O=C(Nc1c(F)cccc1F)c1ccc(NCCc2ccc(F)cc2)nc1. The fraction of sp³-hybridized carbons (Fsp3) is 0.100. The lowest BCUT2D eigenvalue weighted by Crippen LogP contribution is -2.15. The normalized spacial score (nSPS) is 10.5. The lowest BCUT2D eigenvalue weighted by atomic mass is 10.1. The fourth-order valence-corrected chi connectivity index (χ4v) is 2.42. The van der Waals surface area contributed by atoms with Crippen LogP contribution in [0.25, 0.3) is 0 Å². The predicted molar refractivity (Wildman–Crippen MR) is 97.1 cm³/mol. The van der Waals surface area contributed by atoms with Crippen LogP contribution in [0.5, 0.6) is 0 Å². The quantitative estimate of drug-likeness (QED) is 0.675. The van der Waals surface area contributed by atoms with Gasteiger partial charge in [0, 0.05) is 12.7 Å². The number of rotatable bonds is 6. The van der Waals surface area contributed by atoms with Gasteiger partial charge in [-0.25, -0.2) is 18.2 Å². The molecule has 1 aromatic heterocycles. The zero-order chi connectivity index (χ0) is 19.2. The van der Waals surface area contributed by atoms with Crippen molar-refractivity contribution in [2.24, 2.45) is 0 Å². The van der Waals surface area contributed by atoms with Crippen molar-refractivity contribution < 1.29 is 18.0 Å². The van der Waals surface area contributed by atoms with Crippen molar-refractivity contribution in [3.8, 4) is 0 Å². The summed E-state index contributed by atoms with van der Waals surface area (Å²) < 4.78 is 40.0. The maximum atomic E-state index is 13.6. The van der Waals surface area contributed by atoms with Gasteiger partial charge >= 0.3 is 0 Å². The molecule has 4 nitrogen and oxygen atoms in total. The van der Waals surface area contributed by atoms with E-state index >= 15 is 0 Å². The molecular formula is C20H16F3N3O. The van der Waals surface area contributed by atoms with E-state index in [2.05, 4.69) is 15.6 Å². The second-order valence-corrected chi connectivity index (χ2v) is 5.79. The second-order valence-electron chi connectivity index (χ2n) is 5.79. The first-order chi connectivity index (χ1) is 13.0. The molecule has 0 aliphatic rings. The van der Waals surface area contributed by atoms with E-state index in [9.17, 15) is 18.0 Å². The van der Waals surface area contributed by atoms with Gasteiger partial charge in [0.15, 0.2) is 0 Å². The van der Waals surface area contributed by atoms with Crippen LogP contribution in [0.1, 0.15) is 15.9 Å². The molecule has 0 saturated carbocycles. The molecule has 0 aliphatic carbocycles. The van der Waals surface area contributed by atoms with Gasteiger partial charge in [-0.2, -0.15) is 0 Å². The van der Waals surface area contributed by atoms with Crippen molar-refractivity contribution in [1.82, 2.24) is 4.98 Å². The van der Waals surface area contributed by atoms with Crippen molar-refractivity contribution in [3.05, 3.63) is 89.4 Å². The standard InChI is InChI=1S/C20H16F3N3O/c21-15-7-4-13(5-8-15)10-11-24-18-9-6-14(12-25-18)20(27)26-19-16(22)2-1-3-17(19)23/h1-9,12H,10-11H2,(H,24,25)(H,26,27). The van der Waals surface area contributed by atoms with Gasteiger partial charge in [0.05, 0.1) is 5.56 Å². The van der Waals surface area contributed by atoms with Crippen LogP contribution >= 0.6 is 0 Å². The first-order valence-electron chi connectivity index (χ1n) is 8.22. The van der Waals surface area contributed by atoms with Gasteiger partial charge in [-0.05, 0) is 48.4 Å². The third kappa shape index (κ3) is 4.84. The number of carbonyl (C=O) groups is 1. The molecule has 2 N–H and O–H groups in total. The maximum Gasteiger partial charge on any atom is 0.257 e. The molecule has 0 radical (unpaired) electrons. The molecule has 0 atom stereocenters. The number of nitrogens with zero attached hydrogens (tertiary/aromatic N) is 1. The Labute approximate surface area is 154 Å². The highest BCUT2D eigenvalue weighted by Gasteiger charge is 2.13. The van der Waals surface area contributed by atoms with Crippen LogP contribution in [0.2, 0.25) is 0 Å². The molecule has 0 fully saturated rings. The summed E-state index contributed by atoms with van der Waals surface area (Å²) in [6.45, 7) is 0.574. The minimum Gasteiger partial charge on any atom is -0.370 e. The van der Waals surface area contributed by atoms with E-state index in [1.54, 1.807) is 18.2 Å². The molecule has 0 aliphatic heterocycles. The van der Waals surface area contributed by atoms with Crippen molar-refractivity contribution in [1.29, 1.82) is 0 Å². The first-order valence-corrected chi connectivity index (χ1v) is 8.22. The summed E-state index contributed by atoms with van der Waals surface area (Å²) in [4.78, 5) is 16.2. The Hall–Kier alpha value is -3.35. The Kier molecular flexibility index (Phi) is 5.71. The molecule has 7 heteroatoms. The number of carbonyl (C=O) groups excluding carboxylic acids is 1. The summed E-state index contributed by atoms with van der Waals surface area (Å²) in [5, 5.41) is 5.29. The molecule has 3 rings (SSSR count). The number of amides is 1. The molecule has 1 amide bonds. The van der Waals surface area contributed by atoms with Gasteiger partial charge in [-0.3, -0.25) is 4.79 Å². The van der Waals surface area contributed by atoms with Gasteiger partial charge < -0.3 is 10.6 Å². The Morgan fingerprint density at radius 1 is 0.926 bits per heavy atom. The van der Waals surface area contributed by atoms with Crippen molar-refractivity contribution in [2.75, 3.05) is 17.2 Å². The number of nitrogens with one attached hydrogen (secondary N) is 2. The highest BCUT2D eigenvalue weighted by Crippen LogP contribution is 2.19. The summed E-state index contributed by atoms with van der Waals surface area (Å²) in [5.74, 6) is -2.10. The Bertz CT molecular complexity index is 908. The zero-order valence-electron chi connectivity index (χ0n) is 14.2. The number of pyridine rings is 1. The molecule has 27 heavy (non-hydrogen) atoms. The topological polar surface area (TPSA) is 54.0 Å². The van der Waals surface area contributed by atoms with Crippen LogP contribution in [0.3, 0.4) is 0 Å². The van der Waals surface area contributed by atoms with Gasteiger partial charge in [-0.1, -0.05) is 18.2 Å². The molecule has 0 bridgehead atoms. The highest BCUT2D eigenvalue weighted by molar-refractivity contribution is 6.04. The van der Waals surface area contributed by atoms with E-state index in [1.807, 2.05) is 0 Å². The molecular weight excluding hydrogens is 355 g/mol. The minimum atomic E-state index is -0.851. The Balaban J connectivity index is 1.56. The summed E-state index contributed by atoms with van der Waals surface area (Å²) in [7, 11) is 0. The molecule has 0 spiro atoms. The van der Waals surface area contributed by atoms with Gasteiger partial charge in [-0.15, -0.1) is 0 Å². The molecule has 138 valence electrons. The van der Waals surface area contributed by atoms with Crippen molar-refractivity contribution >= 4 is 17.4 Å². The van der Waals surface area contributed by atoms with Gasteiger partial charge in [0.2, 0.25) is 0 Å². The average molecular weight is 371 g/mol.